The lowest BCUT2D eigenvalue weighted by Gasteiger charge is -2.57. The molecular weight excluding hydrogens is 340 g/mol. The number of hydrogen-bond donors (Lipinski definition) is 1. The molecule has 0 saturated heterocycles. The van der Waals surface area contributed by atoms with Gasteiger partial charge in [-0.3, -0.25) is 0 Å². The maximum atomic E-state index is 10.2. The van der Waals surface area contributed by atoms with Crippen LogP contribution < -0.4 is 0 Å². The molecule has 0 radical (unpaired) electrons. The van der Waals surface area contributed by atoms with Crippen molar-refractivity contribution in [2.24, 2.45) is 46.3 Å². The van der Waals surface area contributed by atoms with Crippen molar-refractivity contribution in [3.8, 4) is 0 Å². The molecular formula is C27H46O. The van der Waals surface area contributed by atoms with Crippen molar-refractivity contribution in [2.45, 2.75) is 111 Å². The van der Waals surface area contributed by atoms with E-state index < -0.39 is 0 Å². The summed E-state index contributed by atoms with van der Waals surface area (Å²) >= 11 is 0. The van der Waals surface area contributed by atoms with Gasteiger partial charge in [-0.15, -0.1) is 0 Å². The van der Waals surface area contributed by atoms with Gasteiger partial charge in [-0.25, -0.2) is 0 Å². The van der Waals surface area contributed by atoms with Crippen molar-refractivity contribution in [2.75, 3.05) is 0 Å². The first kappa shape index (κ1) is 21.0. The molecule has 0 aromatic carbocycles. The number of allylic oxidation sites excluding steroid dienone is 2. The molecule has 3 saturated carbocycles. The van der Waals surface area contributed by atoms with Crippen LogP contribution in [0.5, 0.6) is 0 Å². The zero-order chi connectivity index (χ0) is 20.1. The normalized spacial score (nSPS) is 46.5. The van der Waals surface area contributed by atoms with Crippen molar-refractivity contribution in [3.63, 3.8) is 0 Å². The number of fused-ring (bicyclic) bond motifs is 5. The summed E-state index contributed by atoms with van der Waals surface area (Å²) in [6.07, 6.45) is 17.2. The zero-order valence-electron chi connectivity index (χ0n) is 19.3. The van der Waals surface area contributed by atoms with Gasteiger partial charge in [-0.2, -0.15) is 0 Å². The second kappa shape index (κ2) is 7.75. The summed E-state index contributed by atoms with van der Waals surface area (Å²) in [5, 5.41) is 10.2. The van der Waals surface area contributed by atoms with Crippen LogP contribution in [-0.4, -0.2) is 11.2 Å². The van der Waals surface area contributed by atoms with Crippen LogP contribution in [0.2, 0.25) is 0 Å². The quantitative estimate of drug-likeness (QED) is 0.488. The molecule has 0 aliphatic heterocycles. The lowest BCUT2D eigenvalue weighted by molar-refractivity contribution is -0.0427. The average Bonchev–Trinajstić information content (AvgIpc) is 2.99. The molecule has 0 amide bonds. The van der Waals surface area contributed by atoms with E-state index in [1.165, 1.54) is 57.8 Å². The second-order valence-corrected chi connectivity index (χ2v) is 12.2. The summed E-state index contributed by atoms with van der Waals surface area (Å²) in [5.41, 5.74) is 2.89. The van der Waals surface area contributed by atoms with E-state index >= 15 is 0 Å². The van der Waals surface area contributed by atoms with Crippen molar-refractivity contribution in [1.29, 1.82) is 0 Å². The van der Waals surface area contributed by atoms with Crippen LogP contribution in [0.15, 0.2) is 11.6 Å². The Kier molecular flexibility index (Phi) is 5.80. The Bertz CT molecular complexity index is 591. The molecule has 0 aromatic rings. The van der Waals surface area contributed by atoms with Crippen molar-refractivity contribution in [1.82, 2.24) is 0 Å². The van der Waals surface area contributed by atoms with Gasteiger partial charge in [-0.05, 0) is 97.7 Å². The Morgan fingerprint density at radius 2 is 1.68 bits per heavy atom. The van der Waals surface area contributed by atoms with Crippen molar-refractivity contribution < 1.29 is 5.11 Å². The van der Waals surface area contributed by atoms with Gasteiger partial charge < -0.3 is 5.11 Å². The van der Waals surface area contributed by atoms with Crippen LogP contribution in [0.4, 0.5) is 0 Å². The first-order valence-electron chi connectivity index (χ1n) is 12.6. The van der Waals surface area contributed by atoms with E-state index in [0.29, 0.717) is 10.8 Å². The third kappa shape index (κ3) is 3.42. The first-order chi connectivity index (χ1) is 13.3. The first-order valence-corrected chi connectivity index (χ1v) is 12.6. The highest BCUT2D eigenvalue weighted by Gasteiger charge is 2.58. The van der Waals surface area contributed by atoms with Gasteiger partial charge in [0.05, 0.1) is 6.10 Å². The molecule has 28 heavy (non-hydrogen) atoms. The smallest absolute Gasteiger partial charge is 0.0543 e. The molecule has 4 aliphatic rings. The molecule has 8 atom stereocenters. The van der Waals surface area contributed by atoms with Crippen molar-refractivity contribution in [3.05, 3.63) is 11.6 Å². The van der Waals surface area contributed by atoms with E-state index in [-0.39, 0.29) is 6.10 Å². The Labute approximate surface area is 174 Å². The van der Waals surface area contributed by atoms with Gasteiger partial charge in [0.15, 0.2) is 0 Å². The molecule has 4 aliphatic carbocycles. The molecule has 0 aromatic heterocycles. The predicted octanol–water partition coefficient (Wildman–Crippen LogP) is 7.39. The number of rotatable bonds is 5. The summed E-state index contributed by atoms with van der Waals surface area (Å²) in [6, 6.07) is 0. The molecule has 1 nitrogen and oxygen atoms in total. The zero-order valence-corrected chi connectivity index (χ0v) is 19.3. The largest absolute Gasteiger partial charge is 0.393 e. The van der Waals surface area contributed by atoms with E-state index in [1.54, 1.807) is 0 Å². The monoisotopic (exact) mass is 386 g/mol. The van der Waals surface area contributed by atoms with Crippen molar-refractivity contribution >= 4 is 0 Å². The van der Waals surface area contributed by atoms with Gasteiger partial charge in [0, 0.05) is 0 Å². The minimum absolute atomic E-state index is 0.0376. The van der Waals surface area contributed by atoms with Crippen LogP contribution in [0.1, 0.15) is 105 Å². The summed E-state index contributed by atoms with van der Waals surface area (Å²) < 4.78 is 0. The fraction of sp³-hybridized carbons (Fsp3) is 0.926. The Hall–Kier alpha value is -0.300. The maximum absolute atomic E-state index is 10.2. The molecule has 1 N–H and O–H groups in total. The third-order valence-corrected chi connectivity index (χ3v) is 10.3. The molecule has 6 unspecified atom stereocenters. The average molecular weight is 387 g/mol. The summed E-state index contributed by atoms with van der Waals surface area (Å²) in [5.74, 6) is 5.07. The van der Waals surface area contributed by atoms with Crippen LogP contribution in [0.3, 0.4) is 0 Å². The third-order valence-electron chi connectivity index (χ3n) is 10.3. The molecule has 4 rings (SSSR count). The Morgan fingerprint density at radius 3 is 2.43 bits per heavy atom. The van der Waals surface area contributed by atoms with Gasteiger partial charge in [0.1, 0.15) is 0 Å². The standard InChI is InChI=1S/C27H46O/c1-18(2)7-6-8-19(3)23-11-12-24-22-10-9-20-17-21(28)13-15-26(20,4)25(22)14-16-27(23,24)5/h10,18-21,23-25,28H,6-9,11-17H2,1-5H3/t19?,20?,21?,23?,24?,25?,26-,27+/m0/s1. The minimum atomic E-state index is -0.0376. The number of aliphatic hydroxyl groups is 1. The highest BCUT2D eigenvalue weighted by molar-refractivity contribution is 5.27. The maximum Gasteiger partial charge on any atom is 0.0543 e. The number of hydrogen-bond acceptors (Lipinski definition) is 1. The highest BCUT2D eigenvalue weighted by atomic mass is 16.3. The molecule has 0 bridgehead atoms. The lowest BCUT2D eigenvalue weighted by atomic mass is 9.47. The fourth-order valence-corrected chi connectivity index (χ4v) is 8.51. The fourth-order valence-electron chi connectivity index (χ4n) is 8.51. The van der Waals surface area contributed by atoms with Crippen LogP contribution in [-0.2, 0) is 0 Å². The van der Waals surface area contributed by atoms with Crippen LogP contribution >= 0.6 is 0 Å². The molecule has 160 valence electrons. The molecule has 0 spiro atoms. The topological polar surface area (TPSA) is 20.2 Å². The van der Waals surface area contributed by atoms with Gasteiger partial charge in [0.2, 0.25) is 0 Å². The summed E-state index contributed by atoms with van der Waals surface area (Å²) in [4.78, 5) is 0. The summed E-state index contributed by atoms with van der Waals surface area (Å²) in [7, 11) is 0. The Balaban J connectivity index is 1.50. The molecule has 1 heteroatoms. The van der Waals surface area contributed by atoms with E-state index in [4.69, 9.17) is 0 Å². The SMILES string of the molecule is CC(C)CCCC(C)C1CCC2C3=CCC4CC(O)CC[C@]4(C)C3CC[C@@]21C. The minimum Gasteiger partial charge on any atom is -0.393 e. The van der Waals surface area contributed by atoms with Gasteiger partial charge in [-0.1, -0.05) is 65.5 Å². The van der Waals surface area contributed by atoms with E-state index in [1.807, 2.05) is 5.57 Å². The van der Waals surface area contributed by atoms with E-state index in [2.05, 4.69) is 40.7 Å². The van der Waals surface area contributed by atoms with E-state index in [0.717, 1.165) is 48.3 Å². The molecule has 3 fully saturated rings. The van der Waals surface area contributed by atoms with Crippen LogP contribution in [0.25, 0.3) is 0 Å². The lowest BCUT2D eigenvalue weighted by Crippen LogP contribution is -2.49. The number of aliphatic hydroxyl groups excluding tert-OH is 1. The molecule has 0 heterocycles. The summed E-state index contributed by atoms with van der Waals surface area (Å²) in [6.45, 7) is 12.6. The Morgan fingerprint density at radius 1 is 0.964 bits per heavy atom. The highest BCUT2D eigenvalue weighted by Crippen LogP contribution is 2.66. The van der Waals surface area contributed by atoms with Gasteiger partial charge in [0.25, 0.3) is 0 Å². The second-order valence-electron chi connectivity index (χ2n) is 12.2. The predicted molar refractivity (Wildman–Crippen MR) is 119 cm³/mol. The van der Waals surface area contributed by atoms with Crippen LogP contribution in [0, 0.1) is 46.3 Å². The van der Waals surface area contributed by atoms with E-state index in [9.17, 15) is 5.11 Å². The van der Waals surface area contributed by atoms with Gasteiger partial charge >= 0.3 is 0 Å².